The molecule has 4 heteroatoms. The molecule has 0 aliphatic carbocycles. The van der Waals surface area contributed by atoms with Crippen molar-refractivity contribution in [1.82, 2.24) is 10.2 Å². The molecule has 1 heterocycles. The molecule has 0 radical (unpaired) electrons. The first-order valence-electron chi connectivity index (χ1n) is 6.41. The third-order valence-corrected chi connectivity index (χ3v) is 2.88. The van der Waals surface area contributed by atoms with E-state index in [0.29, 0.717) is 0 Å². The predicted molar refractivity (Wildman–Crippen MR) is 68.9 cm³/mol. The first kappa shape index (κ1) is 14.2. The Morgan fingerprint density at radius 3 is 2.71 bits per heavy atom. The Hall–Kier alpha value is -0.870. The van der Waals surface area contributed by atoms with Crippen molar-refractivity contribution in [2.45, 2.75) is 33.2 Å². The molecule has 98 valence electrons. The minimum Gasteiger partial charge on any atom is -0.379 e. The van der Waals surface area contributed by atoms with Gasteiger partial charge in [-0.25, -0.2) is 0 Å². The van der Waals surface area contributed by atoms with Crippen LogP contribution in [0.2, 0.25) is 0 Å². The van der Waals surface area contributed by atoms with Crippen molar-refractivity contribution in [3.05, 3.63) is 11.6 Å². The SMILES string of the molecule is CC/C=C(\C)C(=O)NC(C)CN1CCOCC1. The lowest BCUT2D eigenvalue weighted by Gasteiger charge is -2.29. The number of ether oxygens (including phenoxy) is 1. The number of allylic oxidation sites excluding steroid dienone is 1. The molecule has 1 saturated heterocycles. The lowest BCUT2D eigenvalue weighted by molar-refractivity contribution is -0.118. The molecule has 1 rings (SSSR count). The summed E-state index contributed by atoms with van der Waals surface area (Å²) >= 11 is 0. The normalized spacial score (nSPS) is 20.1. The molecule has 1 unspecified atom stereocenters. The zero-order valence-electron chi connectivity index (χ0n) is 11.2. The molecule has 1 N–H and O–H groups in total. The first-order chi connectivity index (χ1) is 8.13. The van der Waals surface area contributed by atoms with Gasteiger partial charge >= 0.3 is 0 Å². The molecular weight excluding hydrogens is 216 g/mol. The third kappa shape index (κ3) is 5.33. The third-order valence-electron chi connectivity index (χ3n) is 2.88. The summed E-state index contributed by atoms with van der Waals surface area (Å²) in [7, 11) is 0. The average Bonchev–Trinajstić information content (AvgIpc) is 2.30. The monoisotopic (exact) mass is 240 g/mol. The van der Waals surface area contributed by atoms with Gasteiger partial charge in [0, 0.05) is 31.2 Å². The van der Waals surface area contributed by atoms with Gasteiger partial charge in [0.25, 0.3) is 0 Å². The number of nitrogens with one attached hydrogen (secondary N) is 1. The zero-order valence-corrected chi connectivity index (χ0v) is 11.2. The number of morpholine rings is 1. The summed E-state index contributed by atoms with van der Waals surface area (Å²) in [5.41, 5.74) is 0.807. The molecule has 1 amide bonds. The maximum Gasteiger partial charge on any atom is 0.246 e. The van der Waals surface area contributed by atoms with Crippen LogP contribution in [0.3, 0.4) is 0 Å². The van der Waals surface area contributed by atoms with Crippen LogP contribution in [-0.2, 0) is 9.53 Å². The number of amides is 1. The molecule has 1 atom stereocenters. The van der Waals surface area contributed by atoms with Crippen molar-refractivity contribution in [3.8, 4) is 0 Å². The highest BCUT2D eigenvalue weighted by Gasteiger charge is 2.15. The maximum atomic E-state index is 11.8. The standard InChI is InChI=1S/C13H24N2O2/c1-4-5-11(2)13(16)14-12(3)10-15-6-8-17-9-7-15/h5,12H,4,6-10H2,1-3H3,(H,14,16)/b11-5+. The van der Waals surface area contributed by atoms with E-state index < -0.39 is 0 Å². The van der Waals surface area contributed by atoms with Crippen molar-refractivity contribution in [3.63, 3.8) is 0 Å². The van der Waals surface area contributed by atoms with Gasteiger partial charge in [0.15, 0.2) is 0 Å². The number of hydrogen-bond donors (Lipinski definition) is 1. The summed E-state index contributed by atoms with van der Waals surface area (Å²) in [5.74, 6) is 0.0487. The van der Waals surface area contributed by atoms with E-state index in [1.54, 1.807) is 0 Å². The van der Waals surface area contributed by atoms with Crippen molar-refractivity contribution >= 4 is 5.91 Å². The Morgan fingerprint density at radius 1 is 1.47 bits per heavy atom. The summed E-state index contributed by atoms with van der Waals surface area (Å²) in [6.07, 6.45) is 2.86. The fourth-order valence-corrected chi connectivity index (χ4v) is 1.95. The van der Waals surface area contributed by atoms with Crippen LogP contribution in [0.5, 0.6) is 0 Å². The van der Waals surface area contributed by atoms with E-state index in [-0.39, 0.29) is 11.9 Å². The fourth-order valence-electron chi connectivity index (χ4n) is 1.95. The molecular formula is C13H24N2O2. The Balaban J connectivity index is 2.30. The lowest BCUT2D eigenvalue weighted by atomic mass is 10.2. The van der Waals surface area contributed by atoms with Gasteiger partial charge < -0.3 is 10.1 Å². The van der Waals surface area contributed by atoms with E-state index >= 15 is 0 Å². The number of carbonyl (C=O) groups is 1. The van der Waals surface area contributed by atoms with Crippen LogP contribution in [0.1, 0.15) is 27.2 Å². The second kappa shape index (κ2) is 7.45. The largest absolute Gasteiger partial charge is 0.379 e. The summed E-state index contributed by atoms with van der Waals surface area (Å²) < 4.78 is 5.29. The van der Waals surface area contributed by atoms with Crippen LogP contribution in [0.4, 0.5) is 0 Å². The number of hydrogen-bond acceptors (Lipinski definition) is 3. The lowest BCUT2D eigenvalue weighted by Crippen LogP contribution is -2.46. The highest BCUT2D eigenvalue weighted by atomic mass is 16.5. The highest BCUT2D eigenvalue weighted by Crippen LogP contribution is 2.00. The zero-order chi connectivity index (χ0) is 12.7. The van der Waals surface area contributed by atoms with E-state index in [2.05, 4.69) is 10.2 Å². The Bertz CT molecular complexity index is 271. The smallest absolute Gasteiger partial charge is 0.246 e. The molecule has 0 bridgehead atoms. The highest BCUT2D eigenvalue weighted by molar-refractivity contribution is 5.92. The Morgan fingerprint density at radius 2 is 2.12 bits per heavy atom. The van der Waals surface area contributed by atoms with Crippen LogP contribution in [0, 0.1) is 0 Å². The van der Waals surface area contributed by atoms with Crippen LogP contribution < -0.4 is 5.32 Å². The van der Waals surface area contributed by atoms with Crippen LogP contribution >= 0.6 is 0 Å². The molecule has 0 spiro atoms. The van der Waals surface area contributed by atoms with Crippen molar-refractivity contribution in [1.29, 1.82) is 0 Å². The van der Waals surface area contributed by atoms with E-state index in [4.69, 9.17) is 4.74 Å². The van der Waals surface area contributed by atoms with Gasteiger partial charge in [0.1, 0.15) is 0 Å². The molecule has 0 aromatic rings. The quantitative estimate of drug-likeness (QED) is 0.734. The van der Waals surface area contributed by atoms with Crippen molar-refractivity contribution in [2.24, 2.45) is 0 Å². The second-order valence-corrected chi connectivity index (χ2v) is 4.58. The van der Waals surface area contributed by atoms with Crippen LogP contribution in [0.25, 0.3) is 0 Å². The summed E-state index contributed by atoms with van der Waals surface area (Å²) in [6.45, 7) is 10.4. The predicted octanol–water partition coefficient (Wildman–Crippen LogP) is 1.18. The van der Waals surface area contributed by atoms with E-state index in [9.17, 15) is 4.79 Å². The van der Waals surface area contributed by atoms with Crippen LogP contribution in [-0.4, -0.2) is 49.7 Å². The average molecular weight is 240 g/mol. The topological polar surface area (TPSA) is 41.6 Å². The van der Waals surface area contributed by atoms with E-state index in [1.807, 2.05) is 26.8 Å². The van der Waals surface area contributed by atoms with Gasteiger partial charge in [0.05, 0.1) is 13.2 Å². The molecule has 0 aromatic carbocycles. The second-order valence-electron chi connectivity index (χ2n) is 4.58. The summed E-state index contributed by atoms with van der Waals surface area (Å²) in [5, 5.41) is 3.02. The maximum absolute atomic E-state index is 11.8. The van der Waals surface area contributed by atoms with Crippen molar-refractivity contribution < 1.29 is 9.53 Å². The number of carbonyl (C=O) groups excluding carboxylic acids is 1. The minimum atomic E-state index is 0.0487. The van der Waals surface area contributed by atoms with Gasteiger partial charge in [-0.05, 0) is 20.3 Å². The van der Waals surface area contributed by atoms with Gasteiger partial charge in [-0.2, -0.15) is 0 Å². The summed E-state index contributed by atoms with van der Waals surface area (Å²) in [4.78, 5) is 14.1. The molecule has 1 aliphatic heterocycles. The van der Waals surface area contributed by atoms with Gasteiger partial charge in [-0.15, -0.1) is 0 Å². The fraction of sp³-hybridized carbons (Fsp3) is 0.769. The minimum absolute atomic E-state index is 0.0487. The van der Waals surface area contributed by atoms with Crippen molar-refractivity contribution in [2.75, 3.05) is 32.8 Å². The molecule has 17 heavy (non-hydrogen) atoms. The Kier molecular flexibility index (Phi) is 6.22. The molecule has 1 fully saturated rings. The molecule has 0 aromatic heterocycles. The van der Waals surface area contributed by atoms with Gasteiger partial charge in [-0.1, -0.05) is 13.0 Å². The molecule has 4 nitrogen and oxygen atoms in total. The van der Waals surface area contributed by atoms with E-state index in [1.165, 1.54) is 0 Å². The van der Waals surface area contributed by atoms with E-state index in [0.717, 1.165) is 44.8 Å². The Labute approximate surface area is 104 Å². The number of nitrogens with zero attached hydrogens (tertiary/aromatic N) is 1. The van der Waals surface area contributed by atoms with Gasteiger partial charge in [0.2, 0.25) is 5.91 Å². The molecule has 0 saturated carbocycles. The first-order valence-corrected chi connectivity index (χ1v) is 6.41. The summed E-state index contributed by atoms with van der Waals surface area (Å²) in [6, 6.07) is 0.181. The van der Waals surface area contributed by atoms with Gasteiger partial charge in [-0.3, -0.25) is 9.69 Å². The number of rotatable bonds is 5. The van der Waals surface area contributed by atoms with Crippen LogP contribution in [0.15, 0.2) is 11.6 Å². The molecule has 1 aliphatic rings.